The molecule has 0 spiro atoms. The van der Waals surface area contributed by atoms with Crippen LogP contribution in [0.4, 0.5) is 8.78 Å². The lowest BCUT2D eigenvalue weighted by molar-refractivity contribution is -0.120. The van der Waals surface area contributed by atoms with E-state index in [2.05, 4.69) is 34.9 Å². The molecule has 0 heterocycles. The predicted molar refractivity (Wildman–Crippen MR) is 99.0 cm³/mol. The maximum absolute atomic E-state index is 13.1. The van der Waals surface area contributed by atoms with Crippen molar-refractivity contribution in [2.75, 3.05) is 18.8 Å². The zero-order chi connectivity index (χ0) is 18.9. The van der Waals surface area contributed by atoms with Crippen LogP contribution in [0.5, 0.6) is 0 Å². The Morgan fingerprint density at radius 2 is 1.65 bits per heavy atom. The largest absolute Gasteiger partial charge is 0.354 e. The highest BCUT2D eigenvalue weighted by molar-refractivity contribution is 7.98. The number of hydrogen-bond acceptors (Lipinski definition) is 3. The van der Waals surface area contributed by atoms with E-state index in [-0.39, 0.29) is 18.0 Å². The summed E-state index contributed by atoms with van der Waals surface area (Å²) in [4.78, 5) is 23.5. The second-order valence-electron chi connectivity index (χ2n) is 5.73. The van der Waals surface area contributed by atoms with Crippen molar-refractivity contribution in [3.8, 4) is 0 Å². The molecule has 2 amide bonds. The summed E-state index contributed by atoms with van der Waals surface area (Å²) in [6.45, 7) is 2.26. The van der Waals surface area contributed by atoms with Crippen LogP contribution >= 0.6 is 11.8 Å². The molecule has 4 nitrogen and oxygen atoms in total. The van der Waals surface area contributed by atoms with Crippen LogP contribution in [0.15, 0.2) is 42.5 Å². The molecule has 0 aromatic heterocycles. The highest BCUT2D eigenvalue weighted by Gasteiger charge is 2.10. The van der Waals surface area contributed by atoms with Crippen LogP contribution in [0.25, 0.3) is 0 Å². The number of nitrogens with one attached hydrogen (secondary N) is 2. The summed E-state index contributed by atoms with van der Waals surface area (Å²) in [5, 5.41) is 5.02. The first-order valence-corrected chi connectivity index (χ1v) is 9.24. The Morgan fingerprint density at radius 3 is 2.31 bits per heavy atom. The summed E-state index contributed by atoms with van der Waals surface area (Å²) in [6, 6.07) is 10.8. The van der Waals surface area contributed by atoms with Crippen molar-refractivity contribution in [1.82, 2.24) is 10.6 Å². The Labute approximate surface area is 155 Å². The first kappa shape index (κ1) is 19.9. The Morgan fingerprint density at radius 1 is 1.00 bits per heavy atom. The number of carbonyl (C=O) groups excluding carboxylic acids is 2. The first-order chi connectivity index (χ1) is 12.4. The molecule has 0 saturated carbocycles. The van der Waals surface area contributed by atoms with Gasteiger partial charge in [-0.3, -0.25) is 9.59 Å². The van der Waals surface area contributed by atoms with Crippen molar-refractivity contribution in [3.05, 3.63) is 70.8 Å². The van der Waals surface area contributed by atoms with Crippen LogP contribution in [-0.4, -0.2) is 30.7 Å². The molecule has 0 radical (unpaired) electrons. The number of aryl methyl sites for hydroxylation is 1. The number of amides is 2. The fourth-order valence-corrected chi connectivity index (χ4v) is 2.97. The second kappa shape index (κ2) is 9.91. The van der Waals surface area contributed by atoms with Gasteiger partial charge in [0.25, 0.3) is 5.91 Å². The van der Waals surface area contributed by atoms with Crippen molar-refractivity contribution in [1.29, 1.82) is 0 Å². The first-order valence-electron chi connectivity index (χ1n) is 8.08. The summed E-state index contributed by atoms with van der Waals surface area (Å²) < 4.78 is 26.1. The van der Waals surface area contributed by atoms with Gasteiger partial charge in [-0.2, -0.15) is 11.8 Å². The minimum atomic E-state index is -0.842. The van der Waals surface area contributed by atoms with Crippen LogP contribution in [0.3, 0.4) is 0 Å². The van der Waals surface area contributed by atoms with Crippen molar-refractivity contribution < 1.29 is 18.4 Å². The van der Waals surface area contributed by atoms with Crippen molar-refractivity contribution in [2.24, 2.45) is 0 Å². The summed E-state index contributed by atoms with van der Waals surface area (Å²) in [6.07, 6.45) is 0. The minimum absolute atomic E-state index is 0.163. The molecule has 0 aliphatic rings. The van der Waals surface area contributed by atoms with Crippen LogP contribution in [0.1, 0.15) is 21.5 Å². The molecule has 0 aliphatic heterocycles. The zero-order valence-corrected chi connectivity index (χ0v) is 15.2. The number of thioether (sulfide) groups is 1. The lowest BCUT2D eigenvalue weighted by Gasteiger charge is -2.07. The number of hydrogen-bond donors (Lipinski definition) is 2. The highest BCUT2D eigenvalue weighted by atomic mass is 32.2. The van der Waals surface area contributed by atoms with Gasteiger partial charge >= 0.3 is 0 Å². The molecule has 0 bridgehead atoms. The molecule has 138 valence electrons. The van der Waals surface area contributed by atoms with Crippen LogP contribution in [0, 0.1) is 18.6 Å². The molecule has 0 atom stereocenters. The van der Waals surface area contributed by atoms with Crippen molar-refractivity contribution in [2.45, 2.75) is 12.7 Å². The van der Waals surface area contributed by atoms with Gasteiger partial charge < -0.3 is 10.6 Å². The van der Waals surface area contributed by atoms with E-state index in [1.807, 2.05) is 6.92 Å². The lowest BCUT2D eigenvalue weighted by Crippen LogP contribution is -2.37. The van der Waals surface area contributed by atoms with Gasteiger partial charge in [0.2, 0.25) is 5.91 Å². The maximum Gasteiger partial charge on any atom is 0.251 e. The van der Waals surface area contributed by atoms with Gasteiger partial charge in [-0.15, -0.1) is 0 Å². The van der Waals surface area contributed by atoms with E-state index < -0.39 is 17.5 Å². The van der Waals surface area contributed by atoms with Gasteiger partial charge in [-0.25, -0.2) is 8.78 Å². The van der Waals surface area contributed by atoms with Gasteiger partial charge in [0.05, 0.1) is 6.54 Å². The van der Waals surface area contributed by atoms with Gasteiger partial charge in [0.15, 0.2) is 0 Å². The molecule has 2 aromatic carbocycles. The molecule has 0 aliphatic carbocycles. The van der Waals surface area contributed by atoms with E-state index in [0.29, 0.717) is 12.6 Å². The van der Waals surface area contributed by atoms with E-state index in [1.165, 1.54) is 11.1 Å². The molecule has 2 N–H and O–H groups in total. The van der Waals surface area contributed by atoms with Gasteiger partial charge in [-0.05, 0) is 24.6 Å². The molecule has 26 heavy (non-hydrogen) atoms. The van der Waals surface area contributed by atoms with Crippen molar-refractivity contribution in [3.63, 3.8) is 0 Å². The monoisotopic (exact) mass is 378 g/mol. The van der Waals surface area contributed by atoms with Crippen molar-refractivity contribution >= 4 is 23.6 Å². The minimum Gasteiger partial charge on any atom is -0.354 e. The Bertz CT molecular complexity index is 746. The normalized spacial score (nSPS) is 10.4. The molecule has 2 rings (SSSR count). The smallest absolute Gasteiger partial charge is 0.251 e. The van der Waals surface area contributed by atoms with Crippen LogP contribution in [-0.2, 0) is 10.5 Å². The summed E-state index contributed by atoms with van der Waals surface area (Å²) in [5.41, 5.74) is 2.28. The third-order valence-corrected chi connectivity index (χ3v) is 4.52. The Hall–Kier alpha value is -2.41. The average Bonchev–Trinajstić information content (AvgIpc) is 2.60. The molecule has 2 aromatic rings. The van der Waals surface area contributed by atoms with E-state index in [4.69, 9.17) is 0 Å². The summed E-state index contributed by atoms with van der Waals surface area (Å²) in [5.74, 6) is -1.14. The van der Waals surface area contributed by atoms with Gasteiger partial charge in [0, 0.05) is 29.7 Å². The Kier molecular flexibility index (Phi) is 7.59. The van der Waals surface area contributed by atoms with E-state index in [0.717, 1.165) is 23.6 Å². The molecule has 0 unspecified atom stereocenters. The standard InChI is InChI=1S/C19H20F2N2O2S/c1-13-2-4-14(5-3-13)12-26-7-6-22-18(24)11-23-19(25)15-8-16(20)10-17(21)9-15/h2-5,8-10H,6-7,11-12H2,1H3,(H,22,24)(H,23,25). The number of carbonyl (C=O) groups is 2. The number of rotatable bonds is 8. The average molecular weight is 378 g/mol. The fraction of sp³-hybridized carbons (Fsp3) is 0.263. The molecule has 0 saturated heterocycles. The Balaban J connectivity index is 1.62. The summed E-state index contributed by atoms with van der Waals surface area (Å²) in [7, 11) is 0. The topological polar surface area (TPSA) is 58.2 Å². The van der Waals surface area contributed by atoms with Gasteiger partial charge in [-0.1, -0.05) is 29.8 Å². The quantitative estimate of drug-likeness (QED) is 0.694. The zero-order valence-electron chi connectivity index (χ0n) is 14.4. The molecular weight excluding hydrogens is 358 g/mol. The van der Waals surface area contributed by atoms with Crippen LogP contribution in [0.2, 0.25) is 0 Å². The molecular formula is C19H20F2N2O2S. The lowest BCUT2D eigenvalue weighted by atomic mass is 10.2. The highest BCUT2D eigenvalue weighted by Crippen LogP contribution is 2.12. The predicted octanol–water partition coefficient (Wildman–Crippen LogP) is 3.05. The maximum atomic E-state index is 13.1. The summed E-state index contributed by atoms with van der Waals surface area (Å²) >= 11 is 1.69. The third-order valence-electron chi connectivity index (χ3n) is 3.49. The number of benzene rings is 2. The van der Waals surface area contributed by atoms with Gasteiger partial charge in [0.1, 0.15) is 11.6 Å². The number of halogens is 2. The fourth-order valence-electron chi connectivity index (χ4n) is 2.15. The second-order valence-corrected chi connectivity index (χ2v) is 6.83. The van der Waals surface area contributed by atoms with E-state index >= 15 is 0 Å². The van der Waals surface area contributed by atoms with E-state index in [1.54, 1.807) is 11.8 Å². The molecule has 0 fully saturated rings. The van der Waals surface area contributed by atoms with Crippen LogP contribution < -0.4 is 10.6 Å². The third kappa shape index (κ3) is 6.84. The molecule has 7 heteroatoms. The van der Waals surface area contributed by atoms with E-state index in [9.17, 15) is 18.4 Å². The SMILES string of the molecule is Cc1ccc(CSCCNC(=O)CNC(=O)c2cc(F)cc(F)c2)cc1.